The lowest BCUT2D eigenvalue weighted by molar-refractivity contribution is 0.103. The second-order valence-corrected chi connectivity index (χ2v) is 5.11. The average Bonchev–Trinajstić information content (AvgIpc) is 2.79. The SMILES string of the molecule is CCOc1ccc(NC(=O)c2ccc(C)s2)cc1. The van der Waals surface area contributed by atoms with Crippen LogP contribution in [0.1, 0.15) is 21.5 Å². The van der Waals surface area contributed by atoms with Crippen LogP contribution in [0, 0.1) is 6.92 Å². The Morgan fingerprint density at radius 1 is 1.22 bits per heavy atom. The van der Waals surface area contributed by atoms with Gasteiger partial charge in [0.1, 0.15) is 5.75 Å². The number of amides is 1. The number of carbonyl (C=O) groups excluding carboxylic acids is 1. The van der Waals surface area contributed by atoms with Gasteiger partial charge in [0.2, 0.25) is 0 Å². The quantitative estimate of drug-likeness (QED) is 0.911. The largest absolute Gasteiger partial charge is 0.494 e. The molecule has 3 nitrogen and oxygen atoms in total. The van der Waals surface area contributed by atoms with Crippen molar-refractivity contribution in [3.05, 3.63) is 46.2 Å². The summed E-state index contributed by atoms with van der Waals surface area (Å²) >= 11 is 1.49. The van der Waals surface area contributed by atoms with Crippen molar-refractivity contribution in [1.82, 2.24) is 0 Å². The zero-order valence-electron chi connectivity index (χ0n) is 10.4. The van der Waals surface area contributed by atoms with Gasteiger partial charge in [0, 0.05) is 10.6 Å². The van der Waals surface area contributed by atoms with Crippen LogP contribution in [0.25, 0.3) is 0 Å². The maximum absolute atomic E-state index is 11.9. The second kappa shape index (κ2) is 5.69. The normalized spacial score (nSPS) is 10.1. The van der Waals surface area contributed by atoms with Gasteiger partial charge in [-0.25, -0.2) is 0 Å². The molecule has 94 valence electrons. The maximum Gasteiger partial charge on any atom is 0.265 e. The third-order valence-corrected chi connectivity index (χ3v) is 3.39. The molecule has 1 heterocycles. The van der Waals surface area contributed by atoms with Gasteiger partial charge in [-0.05, 0) is 50.2 Å². The first kappa shape index (κ1) is 12.6. The molecule has 0 unspecified atom stereocenters. The molecule has 0 aliphatic heterocycles. The van der Waals surface area contributed by atoms with Crippen LogP contribution in [-0.4, -0.2) is 12.5 Å². The number of anilines is 1. The fraction of sp³-hybridized carbons (Fsp3) is 0.214. The Bertz CT molecular complexity index is 531. The van der Waals surface area contributed by atoms with Gasteiger partial charge in [-0.15, -0.1) is 11.3 Å². The van der Waals surface area contributed by atoms with Crippen molar-refractivity contribution in [2.75, 3.05) is 11.9 Å². The van der Waals surface area contributed by atoms with E-state index in [1.54, 1.807) is 0 Å². The van der Waals surface area contributed by atoms with Crippen molar-refractivity contribution >= 4 is 22.9 Å². The number of carbonyl (C=O) groups is 1. The van der Waals surface area contributed by atoms with Crippen LogP contribution in [-0.2, 0) is 0 Å². The van der Waals surface area contributed by atoms with Crippen LogP contribution < -0.4 is 10.1 Å². The highest BCUT2D eigenvalue weighted by Crippen LogP contribution is 2.19. The van der Waals surface area contributed by atoms with E-state index in [1.807, 2.05) is 50.2 Å². The number of thiophene rings is 1. The van der Waals surface area contributed by atoms with Crippen LogP contribution in [0.15, 0.2) is 36.4 Å². The van der Waals surface area contributed by atoms with Crippen LogP contribution >= 0.6 is 11.3 Å². The Morgan fingerprint density at radius 2 is 1.94 bits per heavy atom. The Hall–Kier alpha value is -1.81. The zero-order valence-corrected chi connectivity index (χ0v) is 11.2. The van der Waals surface area contributed by atoms with Crippen molar-refractivity contribution < 1.29 is 9.53 Å². The first-order valence-electron chi connectivity index (χ1n) is 5.79. The molecule has 0 fully saturated rings. The fourth-order valence-electron chi connectivity index (χ4n) is 1.55. The van der Waals surface area contributed by atoms with E-state index in [2.05, 4.69) is 5.32 Å². The third kappa shape index (κ3) is 3.11. The zero-order chi connectivity index (χ0) is 13.0. The number of benzene rings is 1. The second-order valence-electron chi connectivity index (χ2n) is 3.82. The van der Waals surface area contributed by atoms with Gasteiger partial charge < -0.3 is 10.1 Å². The maximum atomic E-state index is 11.9. The first-order chi connectivity index (χ1) is 8.69. The summed E-state index contributed by atoms with van der Waals surface area (Å²) in [6.45, 7) is 4.56. The molecule has 2 rings (SSSR count). The summed E-state index contributed by atoms with van der Waals surface area (Å²) in [7, 11) is 0. The lowest BCUT2D eigenvalue weighted by Crippen LogP contribution is -2.09. The van der Waals surface area contributed by atoms with E-state index in [-0.39, 0.29) is 5.91 Å². The number of hydrogen-bond acceptors (Lipinski definition) is 3. The summed E-state index contributed by atoms with van der Waals surface area (Å²) in [6.07, 6.45) is 0. The highest BCUT2D eigenvalue weighted by Gasteiger charge is 2.08. The van der Waals surface area contributed by atoms with E-state index >= 15 is 0 Å². The predicted molar refractivity (Wildman–Crippen MR) is 74.6 cm³/mol. The van der Waals surface area contributed by atoms with Gasteiger partial charge in [-0.2, -0.15) is 0 Å². The molecule has 0 saturated carbocycles. The van der Waals surface area contributed by atoms with Crippen LogP contribution in [0.4, 0.5) is 5.69 Å². The molecule has 0 aliphatic carbocycles. The molecular weight excluding hydrogens is 246 g/mol. The fourth-order valence-corrected chi connectivity index (χ4v) is 2.31. The van der Waals surface area contributed by atoms with Crippen molar-refractivity contribution in [3.8, 4) is 5.75 Å². The molecule has 1 N–H and O–H groups in total. The lowest BCUT2D eigenvalue weighted by atomic mass is 10.3. The van der Waals surface area contributed by atoms with Crippen LogP contribution in [0.2, 0.25) is 0 Å². The minimum absolute atomic E-state index is 0.0720. The molecule has 0 radical (unpaired) electrons. The van der Waals surface area contributed by atoms with Crippen molar-refractivity contribution in [2.45, 2.75) is 13.8 Å². The third-order valence-electron chi connectivity index (χ3n) is 2.39. The molecule has 0 atom stereocenters. The molecule has 0 saturated heterocycles. The predicted octanol–water partition coefficient (Wildman–Crippen LogP) is 3.71. The Balaban J connectivity index is 2.03. The summed E-state index contributed by atoms with van der Waals surface area (Å²) in [6, 6.07) is 11.1. The molecule has 4 heteroatoms. The number of nitrogens with one attached hydrogen (secondary N) is 1. The van der Waals surface area contributed by atoms with Crippen molar-refractivity contribution in [3.63, 3.8) is 0 Å². The van der Waals surface area contributed by atoms with Crippen LogP contribution in [0.5, 0.6) is 5.75 Å². The Labute approximate surface area is 110 Å². The number of rotatable bonds is 4. The molecule has 0 spiro atoms. The average molecular weight is 261 g/mol. The molecule has 0 bridgehead atoms. The van der Waals surface area contributed by atoms with Gasteiger partial charge in [0.15, 0.2) is 0 Å². The van der Waals surface area contributed by atoms with Gasteiger partial charge in [-0.3, -0.25) is 4.79 Å². The van der Waals surface area contributed by atoms with Gasteiger partial charge in [0.25, 0.3) is 5.91 Å². The summed E-state index contributed by atoms with van der Waals surface area (Å²) in [5.74, 6) is 0.736. The van der Waals surface area contributed by atoms with E-state index in [0.29, 0.717) is 6.61 Å². The van der Waals surface area contributed by atoms with E-state index in [0.717, 1.165) is 21.2 Å². The number of hydrogen-bond donors (Lipinski definition) is 1. The summed E-state index contributed by atoms with van der Waals surface area (Å²) < 4.78 is 5.34. The van der Waals surface area contributed by atoms with E-state index in [9.17, 15) is 4.79 Å². The lowest BCUT2D eigenvalue weighted by Gasteiger charge is -2.06. The highest BCUT2D eigenvalue weighted by atomic mass is 32.1. The monoisotopic (exact) mass is 261 g/mol. The standard InChI is InChI=1S/C14H15NO2S/c1-3-17-12-7-5-11(6-8-12)15-14(16)13-9-4-10(2)18-13/h4-9H,3H2,1-2H3,(H,15,16). The van der Waals surface area contributed by atoms with E-state index in [1.165, 1.54) is 11.3 Å². The molecule has 18 heavy (non-hydrogen) atoms. The van der Waals surface area contributed by atoms with E-state index in [4.69, 9.17) is 4.74 Å². The smallest absolute Gasteiger partial charge is 0.265 e. The Kier molecular flexibility index (Phi) is 3.99. The highest BCUT2D eigenvalue weighted by molar-refractivity contribution is 7.14. The molecular formula is C14H15NO2S. The first-order valence-corrected chi connectivity index (χ1v) is 6.61. The minimum Gasteiger partial charge on any atom is -0.494 e. The number of aryl methyl sites for hydroxylation is 1. The molecule has 1 aromatic carbocycles. The summed E-state index contributed by atoms with van der Waals surface area (Å²) in [4.78, 5) is 13.8. The molecule has 2 aromatic rings. The topological polar surface area (TPSA) is 38.3 Å². The minimum atomic E-state index is -0.0720. The summed E-state index contributed by atoms with van der Waals surface area (Å²) in [5.41, 5.74) is 0.773. The molecule has 1 aromatic heterocycles. The Morgan fingerprint density at radius 3 is 2.50 bits per heavy atom. The van der Waals surface area contributed by atoms with Gasteiger partial charge in [0.05, 0.1) is 11.5 Å². The molecule has 1 amide bonds. The molecule has 0 aliphatic rings. The van der Waals surface area contributed by atoms with Crippen LogP contribution in [0.3, 0.4) is 0 Å². The van der Waals surface area contributed by atoms with Gasteiger partial charge in [-0.1, -0.05) is 0 Å². The van der Waals surface area contributed by atoms with Crippen molar-refractivity contribution in [2.24, 2.45) is 0 Å². The van der Waals surface area contributed by atoms with E-state index < -0.39 is 0 Å². The summed E-state index contributed by atoms with van der Waals surface area (Å²) in [5, 5.41) is 2.86. The number of ether oxygens (including phenoxy) is 1. The van der Waals surface area contributed by atoms with Crippen molar-refractivity contribution in [1.29, 1.82) is 0 Å². The van der Waals surface area contributed by atoms with Gasteiger partial charge >= 0.3 is 0 Å².